The summed E-state index contributed by atoms with van der Waals surface area (Å²) in [7, 11) is 1.18. The molecule has 5 nitrogen and oxygen atoms in total. The fraction of sp³-hybridized carbons (Fsp3) is 0.167. The standard InChI is InChI=1S/C12H13NO4/c1-8(14)17-11(12(15)16-2)10(13)9-6-4-3-5-7-9/h3-7H,13H2,1-2H3/b11-10-. The van der Waals surface area contributed by atoms with Crippen LogP contribution in [0.15, 0.2) is 36.1 Å². The van der Waals surface area contributed by atoms with Crippen molar-refractivity contribution in [2.45, 2.75) is 6.92 Å². The lowest BCUT2D eigenvalue weighted by Crippen LogP contribution is -2.16. The van der Waals surface area contributed by atoms with Gasteiger partial charge >= 0.3 is 11.9 Å². The highest BCUT2D eigenvalue weighted by atomic mass is 16.6. The molecule has 2 N–H and O–H groups in total. The van der Waals surface area contributed by atoms with Crippen LogP contribution in [0.3, 0.4) is 0 Å². The minimum Gasteiger partial charge on any atom is -0.463 e. The summed E-state index contributed by atoms with van der Waals surface area (Å²) in [6, 6.07) is 8.71. The minimum absolute atomic E-state index is 0.0626. The molecule has 0 aromatic heterocycles. The Morgan fingerprint density at radius 1 is 1.18 bits per heavy atom. The Kier molecular flexibility index (Phi) is 4.28. The Hall–Kier alpha value is -2.30. The van der Waals surface area contributed by atoms with Crippen LogP contribution in [0.25, 0.3) is 5.70 Å². The molecule has 17 heavy (non-hydrogen) atoms. The molecule has 1 aromatic rings. The summed E-state index contributed by atoms with van der Waals surface area (Å²) in [4.78, 5) is 22.3. The van der Waals surface area contributed by atoms with Gasteiger partial charge in [0.1, 0.15) is 0 Å². The van der Waals surface area contributed by atoms with Gasteiger partial charge in [-0.15, -0.1) is 0 Å². The number of hydrogen-bond acceptors (Lipinski definition) is 5. The molecule has 1 rings (SSSR count). The average molecular weight is 235 g/mol. The van der Waals surface area contributed by atoms with Gasteiger partial charge in [0.2, 0.25) is 5.76 Å². The fourth-order valence-electron chi connectivity index (χ4n) is 1.19. The lowest BCUT2D eigenvalue weighted by Gasteiger charge is -2.09. The van der Waals surface area contributed by atoms with E-state index in [1.54, 1.807) is 30.3 Å². The summed E-state index contributed by atoms with van der Waals surface area (Å²) < 4.78 is 9.26. The molecule has 0 radical (unpaired) electrons. The van der Waals surface area contributed by atoms with Gasteiger partial charge in [0.15, 0.2) is 0 Å². The molecule has 90 valence electrons. The number of nitrogens with two attached hydrogens (primary N) is 1. The second-order valence-corrected chi connectivity index (χ2v) is 3.19. The van der Waals surface area contributed by atoms with E-state index in [2.05, 4.69) is 4.74 Å². The molecule has 0 aliphatic heterocycles. The molecular weight excluding hydrogens is 222 g/mol. The SMILES string of the molecule is COC(=O)/C(OC(C)=O)=C(/N)c1ccccc1. The van der Waals surface area contributed by atoms with Crippen molar-refractivity contribution in [1.82, 2.24) is 0 Å². The van der Waals surface area contributed by atoms with Crippen LogP contribution in [0.5, 0.6) is 0 Å². The van der Waals surface area contributed by atoms with Gasteiger partial charge in [0, 0.05) is 12.5 Å². The first kappa shape index (κ1) is 12.8. The van der Waals surface area contributed by atoms with E-state index >= 15 is 0 Å². The summed E-state index contributed by atoms with van der Waals surface area (Å²) in [6.07, 6.45) is 0. The summed E-state index contributed by atoms with van der Waals surface area (Å²) in [6.45, 7) is 1.18. The maximum atomic E-state index is 11.4. The van der Waals surface area contributed by atoms with Crippen LogP contribution >= 0.6 is 0 Å². The second kappa shape index (κ2) is 5.69. The zero-order valence-corrected chi connectivity index (χ0v) is 9.60. The average Bonchev–Trinajstić information content (AvgIpc) is 2.35. The Bertz CT molecular complexity index is 451. The largest absolute Gasteiger partial charge is 0.463 e. The maximum absolute atomic E-state index is 11.4. The van der Waals surface area contributed by atoms with Crippen molar-refractivity contribution in [1.29, 1.82) is 0 Å². The molecule has 1 aromatic carbocycles. The first-order valence-electron chi connectivity index (χ1n) is 4.88. The van der Waals surface area contributed by atoms with Gasteiger partial charge in [0.25, 0.3) is 0 Å². The molecule has 0 amide bonds. The van der Waals surface area contributed by atoms with Crippen LogP contribution in [0.2, 0.25) is 0 Å². The molecule has 0 aliphatic carbocycles. The third-order valence-corrected chi connectivity index (χ3v) is 1.95. The predicted molar refractivity (Wildman–Crippen MR) is 61.3 cm³/mol. The first-order chi connectivity index (χ1) is 8.06. The molecule has 0 heterocycles. The molecular formula is C12H13NO4. The molecule has 0 spiro atoms. The molecule has 0 fully saturated rings. The number of hydrogen-bond donors (Lipinski definition) is 1. The number of carbonyl (C=O) groups is 2. The van der Waals surface area contributed by atoms with E-state index in [9.17, 15) is 9.59 Å². The zero-order chi connectivity index (χ0) is 12.8. The molecule has 0 unspecified atom stereocenters. The van der Waals surface area contributed by atoms with E-state index in [4.69, 9.17) is 10.5 Å². The van der Waals surface area contributed by atoms with Gasteiger partial charge in [-0.2, -0.15) is 0 Å². The smallest absolute Gasteiger partial charge is 0.376 e. The van der Waals surface area contributed by atoms with E-state index in [1.165, 1.54) is 14.0 Å². The van der Waals surface area contributed by atoms with Crippen molar-refractivity contribution in [3.8, 4) is 0 Å². The van der Waals surface area contributed by atoms with Crippen LogP contribution in [0.1, 0.15) is 12.5 Å². The number of rotatable bonds is 3. The van der Waals surface area contributed by atoms with E-state index < -0.39 is 11.9 Å². The van der Waals surface area contributed by atoms with Gasteiger partial charge in [-0.25, -0.2) is 4.79 Å². The van der Waals surface area contributed by atoms with Gasteiger partial charge in [-0.05, 0) is 0 Å². The van der Waals surface area contributed by atoms with Crippen molar-refractivity contribution in [2.75, 3.05) is 7.11 Å². The van der Waals surface area contributed by atoms with Gasteiger partial charge in [-0.3, -0.25) is 4.79 Å². The van der Waals surface area contributed by atoms with Crippen molar-refractivity contribution in [3.63, 3.8) is 0 Å². The summed E-state index contributed by atoms with van der Waals surface area (Å²) in [5, 5.41) is 0. The van der Waals surface area contributed by atoms with E-state index in [1.807, 2.05) is 0 Å². The third kappa shape index (κ3) is 3.34. The number of carbonyl (C=O) groups excluding carboxylic acids is 2. The van der Waals surface area contributed by atoms with Crippen LogP contribution < -0.4 is 5.73 Å². The van der Waals surface area contributed by atoms with Gasteiger partial charge in [0.05, 0.1) is 12.8 Å². The summed E-state index contributed by atoms with van der Waals surface area (Å²) >= 11 is 0. The second-order valence-electron chi connectivity index (χ2n) is 3.19. The van der Waals surface area contributed by atoms with E-state index in [0.29, 0.717) is 5.56 Å². The number of benzene rings is 1. The Morgan fingerprint density at radius 2 is 1.76 bits per heavy atom. The highest BCUT2D eigenvalue weighted by molar-refractivity contribution is 5.96. The minimum atomic E-state index is -0.790. The third-order valence-electron chi connectivity index (χ3n) is 1.95. The van der Waals surface area contributed by atoms with Crippen LogP contribution in [-0.4, -0.2) is 19.0 Å². The molecule has 0 saturated heterocycles. The van der Waals surface area contributed by atoms with E-state index in [-0.39, 0.29) is 11.5 Å². The Morgan fingerprint density at radius 3 is 2.24 bits per heavy atom. The van der Waals surface area contributed by atoms with Crippen molar-refractivity contribution < 1.29 is 19.1 Å². The Balaban J connectivity index is 3.18. The molecule has 0 aliphatic rings. The van der Waals surface area contributed by atoms with Crippen molar-refractivity contribution in [2.24, 2.45) is 5.73 Å². The topological polar surface area (TPSA) is 78.6 Å². The highest BCUT2D eigenvalue weighted by Gasteiger charge is 2.19. The molecule has 5 heteroatoms. The van der Waals surface area contributed by atoms with Crippen LogP contribution in [0.4, 0.5) is 0 Å². The maximum Gasteiger partial charge on any atom is 0.376 e. The highest BCUT2D eigenvalue weighted by Crippen LogP contribution is 2.15. The number of methoxy groups -OCH3 is 1. The van der Waals surface area contributed by atoms with Gasteiger partial charge < -0.3 is 15.2 Å². The fourth-order valence-corrected chi connectivity index (χ4v) is 1.19. The van der Waals surface area contributed by atoms with Crippen LogP contribution in [-0.2, 0) is 19.1 Å². The van der Waals surface area contributed by atoms with Crippen molar-refractivity contribution in [3.05, 3.63) is 41.7 Å². The zero-order valence-electron chi connectivity index (χ0n) is 9.60. The lowest BCUT2D eigenvalue weighted by molar-refractivity contribution is -0.148. The monoisotopic (exact) mass is 235 g/mol. The lowest BCUT2D eigenvalue weighted by atomic mass is 10.1. The summed E-state index contributed by atoms with van der Waals surface area (Å²) in [5.74, 6) is -1.72. The molecule has 0 atom stereocenters. The van der Waals surface area contributed by atoms with Crippen molar-refractivity contribution >= 4 is 17.6 Å². The number of ether oxygens (including phenoxy) is 2. The first-order valence-corrected chi connectivity index (χ1v) is 4.88. The molecule has 0 saturated carbocycles. The quantitative estimate of drug-likeness (QED) is 0.481. The number of esters is 2. The molecule has 0 bridgehead atoms. The normalized spacial score (nSPS) is 11.4. The van der Waals surface area contributed by atoms with E-state index in [0.717, 1.165) is 0 Å². The Labute approximate surface area is 98.8 Å². The predicted octanol–water partition coefficient (Wildman–Crippen LogP) is 1.05. The van der Waals surface area contributed by atoms with Gasteiger partial charge in [-0.1, -0.05) is 30.3 Å². The summed E-state index contributed by atoms with van der Waals surface area (Å²) in [5.41, 5.74) is 6.41. The van der Waals surface area contributed by atoms with Crippen LogP contribution in [0, 0.1) is 0 Å².